The van der Waals surface area contributed by atoms with Crippen LogP contribution in [0.1, 0.15) is 6.92 Å². The molecule has 0 saturated carbocycles. The number of ether oxygens (including phenoxy) is 1. The van der Waals surface area contributed by atoms with Crippen molar-refractivity contribution in [3.63, 3.8) is 0 Å². The molecule has 0 bridgehead atoms. The molecular formula is C9H11BrN2OS. The van der Waals surface area contributed by atoms with Crippen LogP contribution in [-0.2, 0) is 0 Å². The van der Waals surface area contributed by atoms with Crippen LogP contribution in [0.25, 0.3) is 0 Å². The van der Waals surface area contributed by atoms with Crippen molar-refractivity contribution in [2.75, 3.05) is 7.05 Å². The molecule has 3 nitrogen and oxygen atoms in total. The molecule has 0 amide bonds. The predicted molar refractivity (Wildman–Crippen MR) is 63.7 cm³/mol. The van der Waals surface area contributed by atoms with Crippen LogP contribution in [0.2, 0.25) is 0 Å². The molecule has 0 aliphatic carbocycles. The highest BCUT2D eigenvalue weighted by molar-refractivity contribution is 9.10. The summed E-state index contributed by atoms with van der Waals surface area (Å²) in [6, 6.07) is 3.66. The van der Waals surface area contributed by atoms with Gasteiger partial charge in [-0.25, -0.2) is 4.98 Å². The Bertz CT molecular complexity index is 315. The molecule has 1 aromatic rings. The number of nitrogens with zero attached hydrogens (tertiary/aromatic N) is 1. The first kappa shape index (κ1) is 11.4. The van der Waals surface area contributed by atoms with Crippen LogP contribution in [-0.4, -0.2) is 23.1 Å². The minimum atomic E-state index is -0.141. The Balaban J connectivity index is 2.60. The monoisotopic (exact) mass is 274 g/mol. The standard InChI is InChI=1S/C9H11BrN2OS/c1-6(9(14)11-2)13-7-3-4-8(10)12-5-7/h3-6H,1-2H3,(H,11,14). The van der Waals surface area contributed by atoms with Crippen LogP contribution in [0.4, 0.5) is 0 Å². The average molecular weight is 275 g/mol. The number of hydrogen-bond acceptors (Lipinski definition) is 3. The largest absolute Gasteiger partial charge is 0.482 e. The summed E-state index contributed by atoms with van der Waals surface area (Å²) in [6.45, 7) is 1.89. The van der Waals surface area contributed by atoms with E-state index >= 15 is 0 Å². The number of likely N-dealkylation sites (N-methyl/N-ethyl adjacent to an activating group) is 1. The number of aromatic nitrogens is 1. The van der Waals surface area contributed by atoms with Gasteiger partial charge in [-0.1, -0.05) is 12.2 Å². The SMILES string of the molecule is CNC(=S)C(C)Oc1ccc(Br)nc1. The second kappa shape index (κ2) is 5.26. The van der Waals surface area contributed by atoms with Gasteiger partial charge in [-0.3, -0.25) is 0 Å². The van der Waals surface area contributed by atoms with E-state index in [0.29, 0.717) is 10.7 Å². The van der Waals surface area contributed by atoms with Gasteiger partial charge in [-0.05, 0) is 35.0 Å². The van der Waals surface area contributed by atoms with Crippen molar-refractivity contribution in [3.05, 3.63) is 22.9 Å². The lowest BCUT2D eigenvalue weighted by molar-refractivity contribution is 0.285. The van der Waals surface area contributed by atoms with Crippen LogP contribution in [0.3, 0.4) is 0 Å². The summed E-state index contributed by atoms with van der Waals surface area (Å²) in [7, 11) is 1.78. The highest BCUT2D eigenvalue weighted by Crippen LogP contribution is 2.14. The van der Waals surface area contributed by atoms with Crippen molar-refractivity contribution in [2.45, 2.75) is 13.0 Å². The summed E-state index contributed by atoms with van der Waals surface area (Å²) in [5, 5.41) is 2.87. The van der Waals surface area contributed by atoms with E-state index in [4.69, 9.17) is 17.0 Å². The van der Waals surface area contributed by atoms with Gasteiger partial charge < -0.3 is 10.1 Å². The van der Waals surface area contributed by atoms with Crippen molar-refractivity contribution in [2.24, 2.45) is 0 Å². The zero-order chi connectivity index (χ0) is 10.6. The molecule has 0 saturated heterocycles. The molecule has 14 heavy (non-hydrogen) atoms. The first-order valence-electron chi connectivity index (χ1n) is 4.13. The quantitative estimate of drug-likeness (QED) is 0.677. The van der Waals surface area contributed by atoms with E-state index in [0.717, 1.165) is 4.60 Å². The molecule has 0 spiro atoms. The Labute approximate surface area is 97.0 Å². The Morgan fingerprint density at radius 3 is 2.86 bits per heavy atom. The van der Waals surface area contributed by atoms with Gasteiger partial charge in [0.15, 0.2) is 0 Å². The van der Waals surface area contributed by atoms with Crippen LogP contribution in [0, 0.1) is 0 Å². The molecule has 0 fully saturated rings. The van der Waals surface area contributed by atoms with Gasteiger partial charge in [0.2, 0.25) is 0 Å². The minimum absolute atomic E-state index is 0.141. The fourth-order valence-electron chi connectivity index (χ4n) is 0.893. The number of nitrogens with one attached hydrogen (secondary N) is 1. The molecule has 0 aliphatic rings. The number of thiocarbonyl (C=S) groups is 1. The number of pyridine rings is 1. The van der Waals surface area contributed by atoms with Gasteiger partial charge in [-0.2, -0.15) is 0 Å². The second-order valence-corrected chi connectivity index (χ2v) is 3.94. The van der Waals surface area contributed by atoms with E-state index in [9.17, 15) is 0 Å². The fraction of sp³-hybridized carbons (Fsp3) is 0.333. The third-order valence-electron chi connectivity index (χ3n) is 1.63. The summed E-state index contributed by atoms with van der Waals surface area (Å²) in [5.74, 6) is 0.707. The van der Waals surface area contributed by atoms with Gasteiger partial charge in [0.1, 0.15) is 21.4 Å². The highest BCUT2D eigenvalue weighted by atomic mass is 79.9. The smallest absolute Gasteiger partial charge is 0.146 e. The highest BCUT2D eigenvalue weighted by Gasteiger charge is 2.08. The molecule has 0 aliphatic heterocycles. The van der Waals surface area contributed by atoms with Crippen molar-refractivity contribution in [3.8, 4) is 5.75 Å². The number of hydrogen-bond donors (Lipinski definition) is 1. The van der Waals surface area contributed by atoms with Gasteiger partial charge >= 0.3 is 0 Å². The Morgan fingerprint density at radius 2 is 2.36 bits per heavy atom. The molecule has 1 aromatic heterocycles. The number of rotatable bonds is 3. The van der Waals surface area contributed by atoms with E-state index in [1.54, 1.807) is 13.2 Å². The topological polar surface area (TPSA) is 34.1 Å². The summed E-state index contributed by atoms with van der Waals surface area (Å²) in [5.41, 5.74) is 0. The zero-order valence-corrected chi connectivity index (χ0v) is 10.4. The van der Waals surface area contributed by atoms with E-state index in [1.165, 1.54) is 0 Å². The molecule has 1 heterocycles. The van der Waals surface area contributed by atoms with Crippen LogP contribution < -0.4 is 10.1 Å². The van der Waals surface area contributed by atoms with Gasteiger partial charge in [-0.15, -0.1) is 0 Å². The lowest BCUT2D eigenvalue weighted by Crippen LogP contribution is -2.32. The third-order valence-corrected chi connectivity index (χ3v) is 2.63. The minimum Gasteiger partial charge on any atom is -0.482 e. The molecule has 0 aromatic carbocycles. The Morgan fingerprint density at radius 1 is 1.64 bits per heavy atom. The van der Waals surface area contributed by atoms with Crippen LogP contribution >= 0.6 is 28.1 Å². The third kappa shape index (κ3) is 3.23. The first-order chi connectivity index (χ1) is 6.63. The lowest BCUT2D eigenvalue weighted by Gasteiger charge is -2.14. The molecule has 1 N–H and O–H groups in total. The van der Waals surface area contributed by atoms with Gasteiger partial charge in [0.05, 0.1) is 6.20 Å². The summed E-state index contributed by atoms with van der Waals surface area (Å²) in [6.07, 6.45) is 1.51. The Kier molecular flexibility index (Phi) is 4.28. The maximum atomic E-state index is 5.53. The molecule has 0 radical (unpaired) electrons. The van der Waals surface area contributed by atoms with Gasteiger partial charge in [0.25, 0.3) is 0 Å². The molecule has 5 heteroatoms. The molecule has 76 valence electrons. The summed E-state index contributed by atoms with van der Waals surface area (Å²) < 4.78 is 6.32. The predicted octanol–water partition coefficient (Wildman–Crippen LogP) is 2.16. The summed E-state index contributed by atoms with van der Waals surface area (Å²) in [4.78, 5) is 4.72. The average Bonchev–Trinajstić information content (AvgIpc) is 2.20. The molecule has 1 unspecified atom stereocenters. The van der Waals surface area contributed by atoms with E-state index < -0.39 is 0 Å². The maximum Gasteiger partial charge on any atom is 0.146 e. The van der Waals surface area contributed by atoms with Gasteiger partial charge in [0, 0.05) is 7.05 Å². The normalized spacial score (nSPS) is 11.9. The van der Waals surface area contributed by atoms with Crippen molar-refractivity contribution < 1.29 is 4.74 Å². The van der Waals surface area contributed by atoms with E-state index in [1.807, 2.05) is 19.1 Å². The van der Waals surface area contributed by atoms with E-state index in [2.05, 4.69) is 26.2 Å². The lowest BCUT2D eigenvalue weighted by atomic mass is 10.4. The molecular weight excluding hydrogens is 264 g/mol. The zero-order valence-electron chi connectivity index (χ0n) is 7.95. The molecule has 1 rings (SSSR count). The van der Waals surface area contributed by atoms with Crippen LogP contribution in [0.5, 0.6) is 5.75 Å². The number of halogens is 1. The van der Waals surface area contributed by atoms with Crippen molar-refractivity contribution >= 4 is 33.1 Å². The Hall–Kier alpha value is -0.680. The second-order valence-electron chi connectivity index (χ2n) is 2.69. The molecule has 1 atom stereocenters. The van der Waals surface area contributed by atoms with Crippen LogP contribution in [0.15, 0.2) is 22.9 Å². The first-order valence-corrected chi connectivity index (χ1v) is 5.33. The van der Waals surface area contributed by atoms with Crippen molar-refractivity contribution in [1.29, 1.82) is 0 Å². The fourth-order valence-corrected chi connectivity index (χ4v) is 1.18. The van der Waals surface area contributed by atoms with Crippen molar-refractivity contribution in [1.82, 2.24) is 10.3 Å². The summed E-state index contributed by atoms with van der Waals surface area (Å²) >= 11 is 8.29. The van der Waals surface area contributed by atoms with E-state index in [-0.39, 0.29) is 6.10 Å². The maximum absolute atomic E-state index is 5.53.